The van der Waals surface area contributed by atoms with Crippen LogP contribution in [-0.2, 0) is 6.54 Å². The molecule has 1 aliphatic rings. The fourth-order valence-corrected chi connectivity index (χ4v) is 2.36. The normalized spacial score (nSPS) is 20.0. The molecule has 1 aliphatic heterocycles. The summed E-state index contributed by atoms with van der Waals surface area (Å²) < 4.78 is 5.27. The smallest absolute Gasteiger partial charge is 0.257 e. The van der Waals surface area contributed by atoms with Crippen LogP contribution in [0.1, 0.15) is 12.2 Å². The van der Waals surface area contributed by atoms with E-state index in [1.54, 1.807) is 12.1 Å². The Morgan fingerprint density at radius 1 is 1.37 bits per heavy atom. The first-order valence-corrected chi connectivity index (χ1v) is 6.65. The third kappa shape index (κ3) is 2.94. The summed E-state index contributed by atoms with van der Waals surface area (Å²) in [5.41, 5.74) is 6.75. The molecule has 6 heteroatoms. The highest BCUT2D eigenvalue weighted by molar-refractivity contribution is 6.30. The SMILES string of the molecule is NC1CCN(Cc2noc(-c3ccc(Cl)cc3)n2)C1. The lowest BCUT2D eigenvalue weighted by atomic mass is 10.2. The molecule has 1 atom stereocenters. The third-order valence-electron chi connectivity index (χ3n) is 3.23. The highest BCUT2D eigenvalue weighted by Gasteiger charge is 2.21. The average Bonchev–Trinajstić information content (AvgIpc) is 3.00. The van der Waals surface area contributed by atoms with Gasteiger partial charge in [-0.25, -0.2) is 0 Å². The second-order valence-electron chi connectivity index (χ2n) is 4.81. The van der Waals surface area contributed by atoms with Crippen molar-refractivity contribution in [1.82, 2.24) is 15.0 Å². The summed E-state index contributed by atoms with van der Waals surface area (Å²) in [7, 11) is 0. The van der Waals surface area contributed by atoms with Crippen molar-refractivity contribution >= 4 is 11.6 Å². The number of likely N-dealkylation sites (tertiary alicyclic amines) is 1. The van der Waals surface area contributed by atoms with Crippen LogP contribution in [0, 0.1) is 0 Å². The Labute approximate surface area is 116 Å². The summed E-state index contributed by atoms with van der Waals surface area (Å²) in [6, 6.07) is 7.61. The summed E-state index contributed by atoms with van der Waals surface area (Å²) >= 11 is 5.85. The number of nitrogens with two attached hydrogens (primary N) is 1. The molecule has 2 aromatic rings. The first kappa shape index (κ1) is 12.6. The summed E-state index contributed by atoms with van der Waals surface area (Å²) in [6.45, 7) is 2.57. The maximum atomic E-state index is 5.87. The lowest BCUT2D eigenvalue weighted by Gasteiger charge is -2.11. The van der Waals surface area contributed by atoms with Crippen molar-refractivity contribution in [1.29, 1.82) is 0 Å². The van der Waals surface area contributed by atoms with Gasteiger partial charge in [-0.15, -0.1) is 0 Å². The molecule has 100 valence electrons. The summed E-state index contributed by atoms with van der Waals surface area (Å²) in [5.74, 6) is 1.22. The minimum atomic E-state index is 0.266. The van der Waals surface area contributed by atoms with Crippen LogP contribution < -0.4 is 5.73 Å². The second-order valence-corrected chi connectivity index (χ2v) is 5.24. The highest BCUT2D eigenvalue weighted by atomic mass is 35.5. The van der Waals surface area contributed by atoms with Crippen molar-refractivity contribution in [3.8, 4) is 11.5 Å². The topological polar surface area (TPSA) is 68.2 Å². The van der Waals surface area contributed by atoms with Crippen LogP contribution >= 0.6 is 11.6 Å². The second kappa shape index (κ2) is 5.28. The first-order valence-electron chi connectivity index (χ1n) is 6.27. The molecule has 19 heavy (non-hydrogen) atoms. The van der Waals surface area contributed by atoms with Crippen molar-refractivity contribution in [3.05, 3.63) is 35.1 Å². The molecular weight excluding hydrogens is 264 g/mol. The molecule has 5 nitrogen and oxygen atoms in total. The minimum absolute atomic E-state index is 0.266. The zero-order chi connectivity index (χ0) is 13.2. The van der Waals surface area contributed by atoms with Gasteiger partial charge in [-0.1, -0.05) is 16.8 Å². The third-order valence-corrected chi connectivity index (χ3v) is 3.49. The highest BCUT2D eigenvalue weighted by Crippen LogP contribution is 2.20. The van der Waals surface area contributed by atoms with E-state index in [0.717, 1.165) is 25.1 Å². The van der Waals surface area contributed by atoms with Gasteiger partial charge in [-0.3, -0.25) is 4.90 Å². The lowest BCUT2D eigenvalue weighted by molar-refractivity contribution is 0.309. The number of benzene rings is 1. The van der Waals surface area contributed by atoms with E-state index in [-0.39, 0.29) is 6.04 Å². The molecular formula is C13H15ClN4O. The van der Waals surface area contributed by atoms with E-state index in [2.05, 4.69) is 15.0 Å². The number of hydrogen-bond donors (Lipinski definition) is 1. The summed E-state index contributed by atoms with van der Waals surface area (Å²) in [4.78, 5) is 6.63. The number of nitrogens with zero attached hydrogens (tertiary/aromatic N) is 3. The van der Waals surface area contributed by atoms with E-state index < -0.39 is 0 Å². The van der Waals surface area contributed by atoms with Crippen molar-refractivity contribution in [2.24, 2.45) is 5.73 Å². The van der Waals surface area contributed by atoms with Crippen LogP contribution in [0.5, 0.6) is 0 Å². The molecule has 1 unspecified atom stereocenters. The molecule has 0 radical (unpaired) electrons. The molecule has 1 aromatic heterocycles. The van der Waals surface area contributed by atoms with Gasteiger partial charge in [0.2, 0.25) is 0 Å². The Morgan fingerprint density at radius 3 is 2.84 bits per heavy atom. The first-order chi connectivity index (χ1) is 9.20. The maximum Gasteiger partial charge on any atom is 0.257 e. The minimum Gasteiger partial charge on any atom is -0.334 e. The van der Waals surface area contributed by atoms with E-state index in [0.29, 0.717) is 23.3 Å². The van der Waals surface area contributed by atoms with Crippen molar-refractivity contribution in [2.75, 3.05) is 13.1 Å². The van der Waals surface area contributed by atoms with E-state index >= 15 is 0 Å². The largest absolute Gasteiger partial charge is 0.334 e. The molecule has 2 N–H and O–H groups in total. The molecule has 1 fully saturated rings. The predicted molar refractivity (Wildman–Crippen MR) is 72.6 cm³/mol. The van der Waals surface area contributed by atoms with Gasteiger partial charge in [0.25, 0.3) is 5.89 Å². The molecule has 3 rings (SSSR count). The number of aromatic nitrogens is 2. The molecule has 0 spiro atoms. The van der Waals surface area contributed by atoms with E-state index in [4.69, 9.17) is 21.9 Å². The zero-order valence-electron chi connectivity index (χ0n) is 10.4. The van der Waals surface area contributed by atoms with Gasteiger partial charge >= 0.3 is 0 Å². The van der Waals surface area contributed by atoms with Crippen molar-refractivity contribution in [2.45, 2.75) is 19.0 Å². The van der Waals surface area contributed by atoms with E-state index in [1.807, 2.05) is 12.1 Å². The number of halogens is 1. The van der Waals surface area contributed by atoms with Gasteiger partial charge in [0, 0.05) is 29.7 Å². The molecule has 0 bridgehead atoms. The Hall–Kier alpha value is -1.43. The standard InChI is InChI=1S/C13H15ClN4O/c14-10-3-1-9(2-4-10)13-16-12(17-19-13)8-18-6-5-11(15)7-18/h1-4,11H,5-8,15H2. The van der Waals surface area contributed by atoms with E-state index in [9.17, 15) is 0 Å². The van der Waals surface area contributed by atoms with Crippen molar-refractivity contribution < 1.29 is 4.52 Å². The van der Waals surface area contributed by atoms with Gasteiger partial charge in [0.1, 0.15) is 0 Å². The Kier molecular flexibility index (Phi) is 3.50. The summed E-state index contributed by atoms with van der Waals surface area (Å²) in [6.07, 6.45) is 1.03. The maximum absolute atomic E-state index is 5.87. The number of hydrogen-bond acceptors (Lipinski definition) is 5. The van der Waals surface area contributed by atoms with Crippen molar-refractivity contribution in [3.63, 3.8) is 0 Å². The van der Waals surface area contributed by atoms with Gasteiger partial charge in [0.15, 0.2) is 5.82 Å². The molecule has 0 saturated carbocycles. The van der Waals surface area contributed by atoms with Crippen LogP contribution in [-0.4, -0.2) is 34.2 Å². The fraction of sp³-hybridized carbons (Fsp3) is 0.385. The Balaban J connectivity index is 1.71. The predicted octanol–water partition coefficient (Wildman–Crippen LogP) is 1.92. The van der Waals surface area contributed by atoms with Gasteiger partial charge in [0.05, 0.1) is 6.54 Å². The monoisotopic (exact) mass is 278 g/mol. The van der Waals surface area contributed by atoms with Crippen LogP contribution in [0.15, 0.2) is 28.8 Å². The molecule has 1 aromatic carbocycles. The number of rotatable bonds is 3. The van der Waals surface area contributed by atoms with Crippen LogP contribution in [0.3, 0.4) is 0 Å². The fourth-order valence-electron chi connectivity index (χ4n) is 2.23. The Morgan fingerprint density at radius 2 is 2.16 bits per heavy atom. The van der Waals surface area contributed by atoms with Crippen LogP contribution in [0.4, 0.5) is 0 Å². The van der Waals surface area contributed by atoms with Gasteiger partial charge in [-0.2, -0.15) is 4.98 Å². The molecule has 0 aliphatic carbocycles. The van der Waals surface area contributed by atoms with Crippen LogP contribution in [0.25, 0.3) is 11.5 Å². The molecule has 1 saturated heterocycles. The average molecular weight is 279 g/mol. The molecule has 2 heterocycles. The van der Waals surface area contributed by atoms with E-state index in [1.165, 1.54) is 0 Å². The Bertz CT molecular complexity index is 554. The molecule has 0 amide bonds. The lowest BCUT2D eigenvalue weighted by Crippen LogP contribution is -2.26. The summed E-state index contributed by atoms with van der Waals surface area (Å²) in [5, 5.41) is 4.69. The quantitative estimate of drug-likeness (QED) is 0.929. The zero-order valence-corrected chi connectivity index (χ0v) is 11.2. The van der Waals surface area contributed by atoms with Gasteiger partial charge in [-0.05, 0) is 30.7 Å². The van der Waals surface area contributed by atoms with Crippen LogP contribution in [0.2, 0.25) is 5.02 Å². The van der Waals surface area contributed by atoms with Gasteiger partial charge < -0.3 is 10.3 Å².